The van der Waals surface area contributed by atoms with Gasteiger partial charge in [-0.15, -0.1) is 0 Å². The lowest BCUT2D eigenvalue weighted by atomic mass is 9.92. The second kappa shape index (κ2) is 12.1. The molecule has 0 aromatic heterocycles. The van der Waals surface area contributed by atoms with E-state index in [1.165, 1.54) is 64.2 Å². The van der Waals surface area contributed by atoms with Gasteiger partial charge in [-0.05, 0) is 17.8 Å². The maximum Gasteiger partial charge on any atom is -0.0420 e. The Kier molecular flexibility index (Phi) is 12.1. The van der Waals surface area contributed by atoms with E-state index in [0.29, 0.717) is 0 Å². The molecule has 2 atom stereocenters. The van der Waals surface area contributed by atoms with Gasteiger partial charge in [0.25, 0.3) is 0 Å². The Morgan fingerprint density at radius 2 is 1.11 bits per heavy atom. The number of hydrogen-bond acceptors (Lipinski definition) is 0. The summed E-state index contributed by atoms with van der Waals surface area (Å²) in [5.41, 5.74) is 0. The van der Waals surface area contributed by atoms with Crippen molar-refractivity contribution >= 4 is 0 Å². The summed E-state index contributed by atoms with van der Waals surface area (Å²) in [6.45, 7) is 11.8. The number of rotatable bonds is 12. The van der Waals surface area contributed by atoms with E-state index < -0.39 is 0 Å². The molecule has 2 unspecified atom stereocenters. The highest BCUT2D eigenvalue weighted by atomic mass is 14.1. The molecule has 0 bridgehead atoms. The molecule has 0 fully saturated rings. The monoisotopic (exact) mass is 254 g/mol. The summed E-state index contributed by atoms with van der Waals surface area (Å²) in [6.07, 6.45) is 14.4. The van der Waals surface area contributed by atoms with Crippen molar-refractivity contribution in [2.24, 2.45) is 17.8 Å². The van der Waals surface area contributed by atoms with Crippen LogP contribution in [-0.2, 0) is 0 Å². The maximum absolute atomic E-state index is 2.41. The summed E-state index contributed by atoms with van der Waals surface area (Å²) in [7, 11) is 0. The molecule has 0 heteroatoms. The van der Waals surface area contributed by atoms with Crippen LogP contribution in [0.3, 0.4) is 0 Å². The fraction of sp³-hybridized carbons (Fsp3) is 1.00. The van der Waals surface area contributed by atoms with Crippen LogP contribution in [0, 0.1) is 17.8 Å². The van der Waals surface area contributed by atoms with Crippen molar-refractivity contribution in [2.45, 2.75) is 98.8 Å². The van der Waals surface area contributed by atoms with Gasteiger partial charge < -0.3 is 0 Å². The predicted octanol–water partition coefficient (Wildman–Crippen LogP) is 6.84. The Morgan fingerprint density at radius 1 is 0.611 bits per heavy atom. The van der Waals surface area contributed by atoms with Crippen LogP contribution in [0.15, 0.2) is 0 Å². The van der Waals surface area contributed by atoms with Crippen LogP contribution < -0.4 is 0 Å². The first-order chi connectivity index (χ1) is 8.57. The fourth-order valence-corrected chi connectivity index (χ4v) is 2.64. The molecular formula is C18H38. The lowest BCUT2D eigenvalue weighted by Gasteiger charge is -2.14. The molecule has 0 aromatic carbocycles. The molecule has 0 aromatic rings. The zero-order valence-corrected chi connectivity index (χ0v) is 13.8. The summed E-state index contributed by atoms with van der Waals surface area (Å²) in [6, 6.07) is 0. The average Bonchev–Trinajstić information content (AvgIpc) is 2.32. The maximum atomic E-state index is 2.41. The number of hydrogen-bond donors (Lipinski definition) is 0. The highest BCUT2D eigenvalue weighted by molar-refractivity contribution is 4.58. The first kappa shape index (κ1) is 18.0. The zero-order chi connectivity index (χ0) is 13.8. The van der Waals surface area contributed by atoms with Gasteiger partial charge >= 0.3 is 0 Å². The standard InChI is InChI=1S/C18H38/c1-6-13-17(4)14-11-9-7-8-10-12-15-18(5)16(2)3/h16-18H,6-15H2,1-5H3. The lowest BCUT2D eigenvalue weighted by Crippen LogP contribution is -2.03. The molecule has 0 saturated heterocycles. The minimum absolute atomic E-state index is 0.866. The van der Waals surface area contributed by atoms with E-state index in [1.807, 2.05) is 0 Å². The van der Waals surface area contributed by atoms with Crippen molar-refractivity contribution in [1.82, 2.24) is 0 Å². The lowest BCUT2D eigenvalue weighted by molar-refractivity contribution is 0.373. The molecule has 0 heterocycles. The summed E-state index contributed by atoms with van der Waals surface area (Å²) in [4.78, 5) is 0. The van der Waals surface area contributed by atoms with E-state index in [1.54, 1.807) is 0 Å². The minimum atomic E-state index is 0.866. The fourth-order valence-electron chi connectivity index (χ4n) is 2.64. The van der Waals surface area contributed by atoms with Crippen LogP contribution in [0.4, 0.5) is 0 Å². The van der Waals surface area contributed by atoms with E-state index in [2.05, 4.69) is 34.6 Å². The second-order valence-electron chi connectivity index (χ2n) is 6.81. The van der Waals surface area contributed by atoms with Crippen molar-refractivity contribution in [3.8, 4) is 0 Å². The molecular weight excluding hydrogens is 216 g/mol. The third kappa shape index (κ3) is 11.1. The molecule has 0 radical (unpaired) electrons. The van der Waals surface area contributed by atoms with Gasteiger partial charge in [0.2, 0.25) is 0 Å². The molecule has 0 aliphatic heterocycles. The van der Waals surface area contributed by atoms with E-state index >= 15 is 0 Å². The Balaban J connectivity index is 3.16. The van der Waals surface area contributed by atoms with Crippen LogP contribution in [0.1, 0.15) is 98.8 Å². The first-order valence-corrected chi connectivity index (χ1v) is 8.57. The van der Waals surface area contributed by atoms with E-state index in [9.17, 15) is 0 Å². The normalized spacial score (nSPS) is 15.0. The van der Waals surface area contributed by atoms with Crippen LogP contribution in [-0.4, -0.2) is 0 Å². The number of unbranched alkanes of at least 4 members (excludes halogenated alkanes) is 5. The van der Waals surface area contributed by atoms with Gasteiger partial charge in [-0.3, -0.25) is 0 Å². The van der Waals surface area contributed by atoms with Crippen molar-refractivity contribution in [1.29, 1.82) is 0 Å². The topological polar surface area (TPSA) is 0 Å². The van der Waals surface area contributed by atoms with Gasteiger partial charge in [-0.25, -0.2) is 0 Å². The summed E-state index contributed by atoms with van der Waals surface area (Å²) >= 11 is 0. The van der Waals surface area contributed by atoms with Crippen molar-refractivity contribution in [3.63, 3.8) is 0 Å². The molecule has 0 saturated carbocycles. The van der Waals surface area contributed by atoms with Crippen molar-refractivity contribution < 1.29 is 0 Å². The SMILES string of the molecule is CCCC(C)CCCCCCCCC(C)C(C)C. The molecule has 0 aliphatic rings. The highest BCUT2D eigenvalue weighted by Crippen LogP contribution is 2.19. The average molecular weight is 255 g/mol. The van der Waals surface area contributed by atoms with Gasteiger partial charge in [-0.1, -0.05) is 98.8 Å². The quantitative estimate of drug-likeness (QED) is 0.335. The Hall–Kier alpha value is 0. The van der Waals surface area contributed by atoms with Gasteiger partial charge in [0.1, 0.15) is 0 Å². The van der Waals surface area contributed by atoms with Crippen LogP contribution >= 0.6 is 0 Å². The van der Waals surface area contributed by atoms with E-state index in [0.717, 1.165) is 17.8 Å². The largest absolute Gasteiger partial charge is 0.0654 e. The first-order valence-electron chi connectivity index (χ1n) is 8.57. The third-order valence-corrected chi connectivity index (χ3v) is 4.53. The zero-order valence-electron chi connectivity index (χ0n) is 13.8. The van der Waals surface area contributed by atoms with Gasteiger partial charge in [0, 0.05) is 0 Å². The Labute approximate surface area is 117 Å². The second-order valence-corrected chi connectivity index (χ2v) is 6.81. The van der Waals surface area contributed by atoms with Gasteiger partial charge in [-0.2, -0.15) is 0 Å². The Morgan fingerprint density at radius 3 is 1.61 bits per heavy atom. The molecule has 18 heavy (non-hydrogen) atoms. The summed E-state index contributed by atoms with van der Waals surface area (Å²) < 4.78 is 0. The smallest absolute Gasteiger partial charge is 0.0420 e. The molecule has 0 spiro atoms. The van der Waals surface area contributed by atoms with Crippen LogP contribution in [0.2, 0.25) is 0 Å². The van der Waals surface area contributed by atoms with E-state index in [4.69, 9.17) is 0 Å². The summed E-state index contributed by atoms with van der Waals surface area (Å²) in [5, 5.41) is 0. The van der Waals surface area contributed by atoms with Gasteiger partial charge in [0.05, 0.1) is 0 Å². The van der Waals surface area contributed by atoms with Gasteiger partial charge in [0.15, 0.2) is 0 Å². The Bertz CT molecular complexity index is 159. The minimum Gasteiger partial charge on any atom is -0.0654 e. The van der Waals surface area contributed by atoms with E-state index in [-0.39, 0.29) is 0 Å². The van der Waals surface area contributed by atoms with Crippen LogP contribution in [0.25, 0.3) is 0 Å². The predicted molar refractivity (Wildman–Crippen MR) is 85.0 cm³/mol. The molecule has 0 N–H and O–H groups in total. The molecule has 110 valence electrons. The molecule has 0 rings (SSSR count). The molecule has 0 amide bonds. The van der Waals surface area contributed by atoms with Crippen LogP contribution in [0.5, 0.6) is 0 Å². The molecule has 0 nitrogen and oxygen atoms in total. The van der Waals surface area contributed by atoms with Crippen molar-refractivity contribution in [3.05, 3.63) is 0 Å². The summed E-state index contributed by atoms with van der Waals surface area (Å²) in [5.74, 6) is 2.74. The molecule has 0 aliphatic carbocycles. The highest BCUT2D eigenvalue weighted by Gasteiger charge is 2.05. The third-order valence-electron chi connectivity index (χ3n) is 4.53. The van der Waals surface area contributed by atoms with Crippen molar-refractivity contribution in [2.75, 3.05) is 0 Å².